The molecule has 0 bridgehead atoms. The Morgan fingerprint density at radius 2 is 1.89 bits per heavy atom. The van der Waals surface area contributed by atoms with Crippen LogP contribution in [0.15, 0.2) is 30.6 Å². The van der Waals surface area contributed by atoms with Gasteiger partial charge in [-0.15, -0.1) is 0 Å². The fourth-order valence-corrected chi connectivity index (χ4v) is 2.89. The molecule has 0 atom stereocenters. The number of halogens is 1. The summed E-state index contributed by atoms with van der Waals surface area (Å²) < 4.78 is 5.34. The molecule has 1 saturated heterocycles. The lowest BCUT2D eigenvalue weighted by atomic mass is 10.2. The maximum absolute atomic E-state index is 12.2. The Morgan fingerprint density at radius 1 is 1.18 bits per heavy atom. The predicted molar refractivity (Wildman–Crippen MR) is 109 cm³/mol. The van der Waals surface area contributed by atoms with Crippen molar-refractivity contribution in [3.63, 3.8) is 0 Å². The first-order valence-corrected chi connectivity index (χ1v) is 9.47. The number of hydrazine groups is 1. The van der Waals surface area contributed by atoms with Crippen LogP contribution in [0.5, 0.6) is 0 Å². The molecule has 1 aromatic carbocycles. The monoisotopic (exact) mass is 405 g/mol. The highest BCUT2D eigenvalue weighted by Gasteiger charge is 2.12. The lowest BCUT2D eigenvalue weighted by Crippen LogP contribution is -2.37. The molecule has 1 amide bonds. The van der Waals surface area contributed by atoms with E-state index in [1.54, 1.807) is 24.3 Å². The third kappa shape index (κ3) is 5.69. The van der Waals surface area contributed by atoms with E-state index in [1.807, 2.05) is 0 Å². The highest BCUT2D eigenvalue weighted by Crippen LogP contribution is 2.21. The second-order valence-corrected chi connectivity index (χ2v) is 6.74. The normalized spacial score (nSPS) is 14.5. The number of aromatic nitrogens is 2. The molecule has 28 heavy (non-hydrogen) atoms. The van der Waals surface area contributed by atoms with Crippen LogP contribution in [0.25, 0.3) is 0 Å². The number of amides is 1. The quantitative estimate of drug-likeness (QED) is 0.386. The van der Waals surface area contributed by atoms with Crippen molar-refractivity contribution in [2.45, 2.75) is 6.42 Å². The van der Waals surface area contributed by atoms with Gasteiger partial charge in [0.1, 0.15) is 12.0 Å². The van der Waals surface area contributed by atoms with Crippen LogP contribution >= 0.6 is 11.6 Å². The van der Waals surface area contributed by atoms with E-state index in [0.29, 0.717) is 27.9 Å². The molecule has 150 valence electrons. The van der Waals surface area contributed by atoms with Crippen LogP contribution in [0.1, 0.15) is 16.8 Å². The summed E-state index contributed by atoms with van der Waals surface area (Å²) in [5, 5.41) is 3.78. The molecule has 3 rings (SSSR count). The van der Waals surface area contributed by atoms with Gasteiger partial charge < -0.3 is 15.8 Å². The zero-order chi connectivity index (χ0) is 19.8. The number of nitrogen functional groups attached to an aromatic ring is 1. The molecule has 9 nitrogen and oxygen atoms in total. The average Bonchev–Trinajstić information content (AvgIpc) is 2.72. The minimum atomic E-state index is -0.324. The number of carbonyl (C=O) groups is 1. The van der Waals surface area contributed by atoms with E-state index in [9.17, 15) is 4.79 Å². The summed E-state index contributed by atoms with van der Waals surface area (Å²) in [6.07, 6.45) is 2.34. The number of ether oxygens (including phenoxy) is 1. The maximum Gasteiger partial charge on any atom is 0.269 e. The first kappa shape index (κ1) is 20.1. The van der Waals surface area contributed by atoms with Gasteiger partial charge in [-0.3, -0.25) is 20.5 Å². The Bertz CT molecular complexity index is 782. The van der Waals surface area contributed by atoms with E-state index in [2.05, 4.69) is 31.0 Å². The molecule has 1 aliphatic heterocycles. The number of benzene rings is 1. The summed E-state index contributed by atoms with van der Waals surface area (Å²) in [7, 11) is 0. The Kier molecular flexibility index (Phi) is 7.24. The van der Waals surface area contributed by atoms with Crippen LogP contribution in [-0.2, 0) is 4.74 Å². The van der Waals surface area contributed by atoms with Crippen molar-refractivity contribution >= 4 is 34.8 Å². The summed E-state index contributed by atoms with van der Waals surface area (Å²) in [4.78, 5) is 22.8. The number of nitrogens with two attached hydrogens (primary N) is 1. The number of anilines is 3. The molecule has 1 aliphatic rings. The highest BCUT2D eigenvalue weighted by atomic mass is 35.5. The average molecular weight is 406 g/mol. The summed E-state index contributed by atoms with van der Waals surface area (Å²) in [6, 6.07) is 6.55. The minimum Gasteiger partial charge on any atom is -0.393 e. The number of morpholine rings is 1. The van der Waals surface area contributed by atoms with E-state index in [4.69, 9.17) is 22.1 Å². The fraction of sp³-hybridized carbons (Fsp3) is 0.389. The van der Waals surface area contributed by atoms with Gasteiger partial charge in [0.05, 0.1) is 13.2 Å². The summed E-state index contributed by atoms with van der Waals surface area (Å²) in [6.45, 7) is 5.25. The predicted octanol–water partition coefficient (Wildman–Crippen LogP) is 1.60. The number of nitrogens with one attached hydrogen (secondary N) is 3. The summed E-state index contributed by atoms with van der Waals surface area (Å²) in [5.41, 5.74) is 12.2. The Hall–Kier alpha value is -2.62. The molecular weight excluding hydrogens is 382 g/mol. The van der Waals surface area contributed by atoms with Gasteiger partial charge in [0, 0.05) is 30.2 Å². The van der Waals surface area contributed by atoms with Gasteiger partial charge >= 0.3 is 0 Å². The van der Waals surface area contributed by atoms with Gasteiger partial charge in [-0.2, -0.15) is 0 Å². The van der Waals surface area contributed by atoms with Crippen molar-refractivity contribution < 1.29 is 9.53 Å². The Labute approximate surface area is 168 Å². The molecule has 0 saturated carbocycles. The van der Waals surface area contributed by atoms with Crippen molar-refractivity contribution in [1.29, 1.82) is 0 Å². The standard InChI is InChI=1S/C18H24ClN7O2/c19-14-4-2-13(3-5-14)18(27)25-24-17-15(20)16(22-12-23-17)21-6-1-7-26-8-10-28-11-9-26/h2-5,12H,1,6-11,20H2,(H,25,27)(H2,21,22,23,24). The topological polar surface area (TPSA) is 117 Å². The van der Waals surface area contributed by atoms with E-state index in [1.165, 1.54) is 6.33 Å². The van der Waals surface area contributed by atoms with Gasteiger partial charge in [-0.1, -0.05) is 11.6 Å². The number of carbonyl (C=O) groups excluding carboxylic acids is 1. The van der Waals surface area contributed by atoms with E-state index in [0.717, 1.165) is 45.8 Å². The Morgan fingerprint density at radius 3 is 2.64 bits per heavy atom. The molecule has 0 aliphatic carbocycles. The molecule has 0 unspecified atom stereocenters. The third-order valence-electron chi connectivity index (χ3n) is 4.33. The lowest BCUT2D eigenvalue weighted by molar-refractivity contribution is 0.0378. The molecule has 1 aromatic heterocycles. The number of hydrogen-bond acceptors (Lipinski definition) is 8. The minimum absolute atomic E-state index is 0.324. The van der Waals surface area contributed by atoms with Gasteiger partial charge in [-0.05, 0) is 37.2 Å². The number of hydrogen-bond donors (Lipinski definition) is 4. The van der Waals surface area contributed by atoms with Crippen LogP contribution in [-0.4, -0.2) is 60.2 Å². The lowest BCUT2D eigenvalue weighted by Gasteiger charge is -2.26. The smallest absolute Gasteiger partial charge is 0.269 e. The van der Waals surface area contributed by atoms with Crippen molar-refractivity contribution in [1.82, 2.24) is 20.3 Å². The number of nitrogens with zero attached hydrogens (tertiary/aromatic N) is 3. The molecule has 0 radical (unpaired) electrons. The van der Waals surface area contributed by atoms with Gasteiger partial charge in [0.25, 0.3) is 5.91 Å². The summed E-state index contributed by atoms with van der Waals surface area (Å²) >= 11 is 5.83. The first-order chi connectivity index (χ1) is 13.6. The van der Waals surface area contributed by atoms with Crippen LogP contribution in [0, 0.1) is 0 Å². The van der Waals surface area contributed by atoms with Crippen molar-refractivity contribution in [2.75, 3.05) is 55.9 Å². The van der Waals surface area contributed by atoms with Gasteiger partial charge in [0.15, 0.2) is 11.6 Å². The van der Waals surface area contributed by atoms with Gasteiger partial charge in [0.2, 0.25) is 0 Å². The fourth-order valence-electron chi connectivity index (χ4n) is 2.76. The SMILES string of the molecule is Nc1c(NCCCN2CCOCC2)ncnc1NNC(=O)c1ccc(Cl)cc1. The van der Waals surface area contributed by atoms with Crippen molar-refractivity contribution in [2.24, 2.45) is 0 Å². The second kappa shape index (κ2) is 10.1. The largest absolute Gasteiger partial charge is 0.393 e. The van der Waals surface area contributed by atoms with Crippen molar-refractivity contribution in [3.8, 4) is 0 Å². The second-order valence-electron chi connectivity index (χ2n) is 6.30. The summed E-state index contributed by atoms with van der Waals surface area (Å²) in [5.74, 6) is 0.530. The van der Waals surface area contributed by atoms with E-state index < -0.39 is 0 Å². The first-order valence-electron chi connectivity index (χ1n) is 9.10. The van der Waals surface area contributed by atoms with Crippen LogP contribution < -0.4 is 21.9 Å². The molecule has 5 N–H and O–H groups in total. The zero-order valence-corrected chi connectivity index (χ0v) is 16.2. The van der Waals surface area contributed by atoms with Crippen molar-refractivity contribution in [3.05, 3.63) is 41.2 Å². The molecule has 10 heteroatoms. The molecule has 1 fully saturated rings. The molecule has 0 spiro atoms. The third-order valence-corrected chi connectivity index (χ3v) is 4.58. The van der Waals surface area contributed by atoms with Gasteiger partial charge in [-0.25, -0.2) is 9.97 Å². The number of rotatable bonds is 8. The van der Waals surface area contributed by atoms with Crippen LogP contribution in [0.3, 0.4) is 0 Å². The highest BCUT2D eigenvalue weighted by molar-refractivity contribution is 6.30. The maximum atomic E-state index is 12.2. The van der Waals surface area contributed by atoms with Crippen LogP contribution in [0.2, 0.25) is 5.02 Å². The zero-order valence-electron chi connectivity index (χ0n) is 15.4. The Balaban J connectivity index is 1.48. The van der Waals surface area contributed by atoms with Crippen LogP contribution in [0.4, 0.5) is 17.3 Å². The molecule has 2 heterocycles. The molecule has 2 aromatic rings. The molecular formula is C18H24ClN7O2. The van der Waals surface area contributed by atoms with E-state index >= 15 is 0 Å². The van der Waals surface area contributed by atoms with E-state index in [-0.39, 0.29) is 5.91 Å².